The minimum absolute atomic E-state index is 0.0976. The van der Waals surface area contributed by atoms with Crippen LogP contribution in [0.25, 0.3) is 0 Å². The van der Waals surface area contributed by atoms with Crippen LogP contribution < -0.4 is 10.6 Å². The van der Waals surface area contributed by atoms with Crippen LogP contribution in [0.3, 0.4) is 0 Å². The van der Waals surface area contributed by atoms with Crippen molar-refractivity contribution in [3.63, 3.8) is 0 Å². The first-order valence-corrected chi connectivity index (χ1v) is 6.87. The Hall–Kier alpha value is -1.14. The smallest absolute Gasteiger partial charge is 0.226 e. The van der Waals surface area contributed by atoms with E-state index in [0.29, 0.717) is 0 Å². The van der Waals surface area contributed by atoms with Gasteiger partial charge in [-0.2, -0.15) is 11.8 Å². The van der Waals surface area contributed by atoms with Gasteiger partial charge in [0.1, 0.15) is 0 Å². The van der Waals surface area contributed by atoms with Crippen molar-refractivity contribution in [2.45, 2.75) is 12.5 Å². The average molecular weight is 272 g/mol. The molecule has 3 nitrogen and oxygen atoms in total. The fourth-order valence-corrected chi connectivity index (χ4v) is 2.73. The standard InChI is InChI=1S/C12H14F2N2OS/c13-9-2-1-3-10(12(9)14)16-11(17)6-8-7-18-5-4-15-8/h1-3,8,15H,4-7H2,(H,16,17). The molecule has 0 saturated carbocycles. The fraction of sp³-hybridized carbons (Fsp3) is 0.417. The van der Waals surface area contributed by atoms with Crippen molar-refractivity contribution in [2.75, 3.05) is 23.4 Å². The molecule has 98 valence electrons. The highest BCUT2D eigenvalue weighted by Crippen LogP contribution is 2.17. The van der Waals surface area contributed by atoms with Crippen LogP contribution in [0.4, 0.5) is 14.5 Å². The highest BCUT2D eigenvalue weighted by molar-refractivity contribution is 7.99. The van der Waals surface area contributed by atoms with Gasteiger partial charge in [-0.1, -0.05) is 6.07 Å². The summed E-state index contributed by atoms with van der Waals surface area (Å²) >= 11 is 1.78. The third kappa shape index (κ3) is 3.43. The summed E-state index contributed by atoms with van der Waals surface area (Å²) < 4.78 is 26.3. The van der Waals surface area contributed by atoms with E-state index in [2.05, 4.69) is 10.6 Å². The Morgan fingerprint density at radius 2 is 2.33 bits per heavy atom. The first kappa shape index (κ1) is 13.3. The molecule has 2 N–H and O–H groups in total. The van der Waals surface area contributed by atoms with Crippen molar-refractivity contribution in [2.24, 2.45) is 0 Å². The maximum Gasteiger partial charge on any atom is 0.226 e. The summed E-state index contributed by atoms with van der Waals surface area (Å²) in [5.41, 5.74) is -0.108. The molecule has 6 heteroatoms. The van der Waals surface area contributed by atoms with Gasteiger partial charge in [0, 0.05) is 30.5 Å². The van der Waals surface area contributed by atoms with E-state index >= 15 is 0 Å². The molecule has 1 saturated heterocycles. The van der Waals surface area contributed by atoms with Gasteiger partial charge in [-0.3, -0.25) is 4.79 Å². The number of hydrogen-bond donors (Lipinski definition) is 2. The van der Waals surface area contributed by atoms with Crippen LogP contribution >= 0.6 is 11.8 Å². The zero-order chi connectivity index (χ0) is 13.0. The van der Waals surface area contributed by atoms with E-state index in [1.807, 2.05) is 0 Å². The molecule has 0 aromatic heterocycles. The van der Waals surface area contributed by atoms with Gasteiger partial charge in [0.05, 0.1) is 5.69 Å². The zero-order valence-corrected chi connectivity index (χ0v) is 10.5. The van der Waals surface area contributed by atoms with Crippen LogP contribution in [0.15, 0.2) is 18.2 Å². The van der Waals surface area contributed by atoms with E-state index in [4.69, 9.17) is 0 Å². The highest BCUT2D eigenvalue weighted by Gasteiger charge is 2.18. The predicted molar refractivity (Wildman–Crippen MR) is 68.7 cm³/mol. The van der Waals surface area contributed by atoms with Gasteiger partial charge >= 0.3 is 0 Å². The molecule has 0 bridgehead atoms. The van der Waals surface area contributed by atoms with E-state index in [1.165, 1.54) is 12.1 Å². The van der Waals surface area contributed by atoms with Crippen LogP contribution in [0.5, 0.6) is 0 Å². The molecule has 18 heavy (non-hydrogen) atoms. The maximum absolute atomic E-state index is 13.3. The van der Waals surface area contributed by atoms with Crippen LogP contribution in [-0.2, 0) is 4.79 Å². The number of anilines is 1. The SMILES string of the molecule is O=C(CC1CSCCN1)Nc1cccc(F)c1F. The minimum atomic E-state index is -1.02. The van der Waals surface area contributed by atoms with Crippen molar-refractivity contribution in [3.05, 3.63) is 29.8 Å². The van der Waals surface area contributed by atoms with Crippen LogP contribution in [0.1, 0.15) is 6.42 Å². The first-order chi connectivity index (χ1) is 8.66. The second kappa shape index (κ2) is 6.15. The normalized spacial score (nSPS) is 19.6. The number of rotatable bonds is 3. The molecule has 1 unspecified atom stereocenters. The molecule has 1 amide bonds. The Bertz CT molecular complexity index is 436. The molecule has 1 aliphatic rings. The van der Waals surface area contributed by atoms with Gasteiger partial charge in [0.2, 0.25) is 5.91 Å². The zero-order valence-electron chi connectivity index (χ0n) is 9.71. The van der Waals surface area contributed by atoms with E-state index in [9.17, 15) is 13.6 Å². The molecule has 0 aliphatic carbocycles. The number of thioether (sulfide) groups is 1. The number of hydrogen-bond acceptors (Lipinski definition) is 3. The van der Waals surface area contributed by atoms with Crippen LogP contribution in [-0.4, -0.2) is 30.0 Å². The summed E-state index contributed by atoms with van der Waals surface area (Å²) in [6.45, 7) is 0.872. The molecule has 0 radical (unpaired) electrons. The summed E-state index contributed by atoms with van der Waals surface area (Å²) in [5.74, 6) is -0.383. The Balaban J connectivity index is 1.92. The highest BCUT2D eigenvalue weighted by atomic mass is 32.2. The topological polar surface area (TPSA) is 41.1 Å². The lowest BCUT2D eigenvalue weighted by atomic mass is 10.2. The van der Waals surface area contributed by atoms with Gasteiger partial charge in [-0.05, 0) is 12.1 Å². The number of benzene rings is 1. The lowest BCUT2D eigenvalue weighted by molar-refractivity contribution is -0.116. The number of carbonyl (C=O) groups excluding carboxylic acids is 1. The number of amides is 1. The lowest BCUT2D eigenvalue weighted by Gasteiger charge is -2.22. The molecule has 1 aliphatic heterocycles. The Kier molecular flexibility index (Phi) is 4.54. The van der Waals surface area contributed by atoms with Crippen molar-refractivity contribution in [3.8, 4) is 0 Å². The number of halogens is 2. The predicted octanol–water partition coefficient (Wildman–Crippen LogP) is 2.00. The molecule has 1 aromatic carbocycles. The summed E-state index contributed by atoms with van der Waals surface area (Å²) in [6, 6.07) is 3.83. The Morgan fingerprint density at radius 3 is 3.06 bits per heavy atom. The Labute approximate surface area is 108 Å². The van der Waals surface area contributed by atoms with E-state index in [0.717, 1.165) is 24.1 Å². The third-order valence-corrected chi connectivity index (χ3v) is 3.79. The van der Waals surface area contributed by atoms with E-state index in [1.54, 1.807) is 11.8 Å². The molecular weight excluding hydrogens is 258 g/mol. The summed E-state index contributed by atoms with van der Waals surface area (Å²) in [6.07, 6.45) is 0.267. The lowest BCUT2D eigenvalue weighted by Crippen LogP contribution is -2.40. The Morgan fingerprint density at radius 1 is 1.50 bits per heavy atom. The minimum Gasteiger partial charge on any atom is -0.323 e. The molecule has 1 fully saturated rings. The van der Waals surface area contributed by atoms with Crippen molar-refractivity contribution >= 4 is 23.4 Å². The molecular formula is C12H14F2N2OS. The second-order valence-electron chi connectivity index (χ2n) is 4.08. The van der Waals surface area contributed by atoms with E-state index in [-0.39, 0.29) is 24.1 Å². The number of carbonyl (C=O) groups is 1. The third-order valence-electron chi connectivity index (χ3n) is 2.66. The maximum atomic E-state index is 13.3. The van der Waals surface area contributed by atoms with E-state index < -0.39 is 11.6 Å². The average Bonchev–Trinajstić information content (AvgIpc) is 2.36. The van der Waals surface area contributed by atoms with Gasteiger partial charge in [0.25, 0.3) is 0 Å². The fourth-order valence-electron chi connectivity index (χ4n) is 1.78. The van der Waals surface area contributed by atoms with Crippen molar-refractivity contribution < 1.29 is 13.6 Å². The molecule has 1 aromatic rings. The second-order valence-corrected chi connectivity index (χ2v) is 5.23. The molecule has 1 heterocycles. The van der Waals surface area contributed by atoms with Gasteiger partial charge in [-0.25, -0.2) is 8.78 Å². The number of nitrogens with one attached hydrogen (secondary N) is 2. The van der Waals surface area contributed by atoms with Gasteiger partial charge < -0.3 is 10.6 Å². The van der Waals surface area contributed by atoms with Crippen LogP contribution in [0, 0.1) is 11.6 Å². The molecule has 2 rings (SSSR count). The molecule has 1 atom stereocenters. The monoisotopic (exact) mass is 272 g/mol. The van der Waals surface area contributed by atoms with Crippen LogP contribution in [0.2, 0.25) is 0 Å². The van der Waals surface area contributed by atoms with Crippen molar-refractivity contribution in [1.29, 1.82) is 0 Å². The first-order valence-electron chi connectivity index (χ1n) is 5.72. The van der Waals surface area contributed by atoms with Gasteiger partial charge in [0.15, 0.2) is 11.6 Å². The summed E-state index contributed by atoms with van der Waals surface area (Å²) in [4.78, 5) is 11.7. The molecule has 0 spiro atoms. The van der Waals surface area contributed by atoms with Gasteiger partial charge in [-0.15, -0.1) is 0 Å². The van der Waals surface area contributed by atoms with Crippen molar-refractivity contribution in [1.82, 2.24) is 5.32 Å². The largest absolute Gasteiger partial charge is 0.323 e. The summed E-state index contributed by atoms with van der Waals surface area (Å²) in [5, 5.41) is 5.61. The quantitative estimate of drug-likeness (QED) is 0.884. The summed E-state index contributed by atoms with van der Waals surface area (Å²) in [7, 11) is 0.